The van der Waals surface area contributed by atoms with Crippen LogP contribution in [0.5, 0.6) is 5.75 Å². The molecule has 1 aromatic carbocycles. The molecule has 1 atom stereocenters. The van der Waals surface area contributed by atoms with Crippen LogP contribution in [-0.4, -0.2) is 26.8 Å². The van der Waals surface area contributed by atoms with Gasteiger partial charge in [0.25, 0.3) is 0 Å². The number of hydrogen-bond donors (Lipinski definition) is 2. The maximum absolute atomic E-state index is 11.8. The summed E-state index contributed by atoms with van der Waals surface area (Å²) in [6.45, 7) is 5.91. The number of rotatable bonds is 7. The molecule has 5 nitrogen and oxygen atoms in total. The van der Waals surface area contributed by atoms with Gasteiger partial charge >= 0.3 is 0 Å². The lowest BCUT2D eigenvalue weighted by Crippen LogP contribution is -2.38. The average molecular weight is 286 g/mol. The van der Waals surface area contributed by atoms with E-state index in [2.05, 4.69) is 4.72 Å². The second-order valence-corrected chi connectivity index (χ2v) is 6.76. The molecule has 0 aromatic heterocycles. The highest BCUT2D eigenvalue weighted by molar-refractivity contribution is 7.89. The predicted molar refractivity (Wildman–Crippen MR) is 77.6 cm³/mol. The molecule has 1 unspecified atom stereocenters. The normalized spacial score (nSPS) is 13.5. The van der Waals surface area contributed by atoms with Gasteiger partial charge in [0.1, 0.15) is 12.4 Å². The first-order chi connectivity index (χ1) is 8.80. The van der Waals surface area contributed by atoms with Gasteiger partial charge in [-0.15, -0.1) is 0 Å². The minimum atomic E-state index is -3.30. The molecule has 0 fully saturated rings. The lowest BCUT2D eigenvalue weighted by molar-refractivity contribution is 0.339. The lowest BCUT2D eigenvalue weighted by atomic mass is 10.1. The maximum atomic E-state index is 11.8. The standard InChI is InChI=1S/C13H22N2O3S/c1-10(2)11(3)15-19(16,17)9-8-18-13-6-4-12(14)5-7-13/h4-7,10-11,15H,8-9,14H2,1-3H3. The van der Waals surface area contributed by atoms with Gasteiger partial charge in [-0.3, -0.25) is 0 Å². The monoisotopic (exact) mass is 286 g/mol. The quantitative estimate of drug-likeness (QED) is 0.746. The molecule has 0 heterocycles. The van der Waals surface area contributed by atoms with Gasteiger partial charge in [0, 0.05) is 11.7 Å². The fraction of sp³-hybridized carbons (Fsp3) is 0.538. The zero-order valence-electron chi connectivity index (χ0n) is 11.6. The Hall–Kier alpha value is -1.27. The number of ether oxygens (including phenoxy) is 1. The van der Waals surface area contributed by atoms with Gasteiger partial charge in [0.05, 0.1) is 5.75 Å². The summed E-state index contributed by atoms with van der Waals surface area (Å²) in [5.41, 5.74) is 6.19. The Morgan fingerprint density at radius 2 is 1.79 bits per heavy atom. The van der Waals surface area contributed by atoms with Crippen LogP contribution in [0.25, 0.3) is 0 Å². The van der Waals surface area contributed by atoms with E-state index >= 15 is 0 Å². The van der Waals surface area contributed by atoms with E-state index in [4.69, 9.17) is 10.5 Å². The van der Waals surface area contributed by atoms with Crippen molar-refractivity contribution in [2.24, 2.45) is 5.92 Å². The fourth-order valence-corrected chi connectivity index (χ4v) is 2.57. The highest BCUT2D eigenvalue weighted by Crippen LogP contribution is 2.13. The molecule has 0 aliphatic carbocycles. The maximum Gasteiger partial charge on any atom is 0.215 e. The van der Waals surface area contributed by atoms with Crippen molar-refractivity contribution in [3.63, 3.8) is 0 Å². The summed E-state index contributed by atoms with van der Waals surface area (Å²) in [5.74, 6) is 0.808. The van der Waals surface area contributed by atoms with E-state index in [1.54, 1.807) is 24.3 Å². The summed E-state index contributed by atoms with van der Waals surface area (Å²) >= 11 is 0. The highest BCUT2D eigenvalue weighted by atomic mass is 32.2. The number of benzene rings is 1. The molecule has 0 saturated carbocycles. The van der Waals surface area contributed by atoms with Crippen molar-refractivity contribution >= 4 is 15.7 Å². The molecule has 0 aliphatic rings. The van der Waals surface area contributed by atoms with Gasteiger partial charge in [-0.1, -0.05) is 13.8 Å². The van der Waals surface area contributed by atoms with E-state index in [0.717, 1.165) is 0 Å². The van der Waals surface area contributed by atoms with Crippen molar-refractivity contribution in [3.05, 3.63) is 24.3 Å². The molecule has 0 saturated heterocycles. The number of nitrogens with two attached hydrogens (primary N) is 1. The van der Waals surface area contributed by atoms with Crippen molar-refractivity contribution in [1.82, 2.24) is 4.72 Å². The Morgan fingerprint density at radius 3 is 2.32 bits per heavy atom. The van der Waals surface area contributed by atoms with Crippen molar-refractivity contribution in [3.8, 4) is 5.75 Å². The van der Waals surface area contributed by atoms with Gasteiger partial charge in [0.2, 0.25) is 10.0 Å². The fourth-order valence-electron chi connectivity index (χ4n) is 1.31. The van der Waals surface area contributed by atoms with Crippen LogP contribution in [0.4, 0.5) is 5.69 Å². The minimum Gasteiger partial charge on any atom is -0.492 e. The molecular formula is C13H22N2O3S. The van der Waals surface area contributed by atoms with Gasteiger partial charge in [-0.05, 0) is 37.1 Å². The molecule has 0 amide bonds. The third kappa shape index (κ3) is 5.94. The number of sulfonamides is 1. The van der Waals surface area contributed by atoms with Crippen molar-refractivity contribution in [2.75, 3.05) is 18.1 Å². The third-order valence-corrected chi connectivity index (χ3v) is 4.30. The topological polar surface area (TPSA) is 81.4 Å². The van der Waals surface area contributed by atoms with E-state index in [-0.39, 0.29) is 24.3 Å². The summed E-state index contributed by atoms with van der Waals surface area (Å²) < 4.78 is 31.5. The van der Waals surface area contributed by atoms with E-state index in [0.29, 0.717) is 11.4 Å². The first kappa shape index (κ1) is 15.8. The Morgan fingerprint density at radius 1 is 1.21 bits per heavy atom. The highest BCUT2D eigenvalue weighted by Gasteiger charge is 2.16. The second-order valence-electron chi connectivity index (χ2n) is 4.89. The number of nitrogen functional groups attached to an aromatic ring is 1. The zero-order valence-corrected chi connectivity index (χ0v) is 12.4. The summed E-state index contributed by atoms with van der Waals surface area (Å²) in [6.07, 6.45) is 0. The van der Waals surface area contributed by atoms with Crippen LogP contribution in [0.2, 0.25) is 0 Å². The molecule has 0 bridgehead atoms. The molecule has 19 heavy (non-hydrogen) atoms. The number of hydrogen-bond acceptors (Lipinski definition) is 4. The molecule has 3 N–H and O–H groups in total. The molecule has 108 valence electrons. The van der Waals surface area contributed by atoms with Crippen molar-refractivity contribution < 1.29 is 13.2 Å². The summed E-state index contributed by atoms with van der Waals surface area (Å²) in [5, 5.41) is 0. The number of nitrogens with one attached hydrogen (secondary N) is 1. The third-order valence-electron chi connectivity index (χ3n) is 2.87. The van der Waals surface area contributed by atoms with Crippen molar-refractivity contribution in [2.45, 2.75) is 26.8 Å². The first-order valence-corrected chi connectivity index (χ1v) is 7.94. The summed E-state index contributed by atoms with van der Waals surface area (Å²) in [4.78, 5) is 0. The largest absolute Gasteiger partial charge is 0.492 e. The molecule has 0 spiro atoms. The summed E-state index contributed by atoms with van der Waals surface area (Å²) in [6, 6.07) is 6.77. The van der Waals surface area contributed by atoms with E-state index < -0.39 is 10.0 Å². The second kappa shape index (κ2) is 6.77. The van der Waals surface area contributed by atoms with Gasteiger partial charge in [-0.2, -0.15) is 0 Å². The minimum absolute atomic E-state index is 0.0611. The number of anilines is 1. The van der Waals surface area contributed by atoms with Crippen LogP contribution < -0.4 is 15.2 Å². The molecule has 0 radical (unpaired) electrons. The Labute approximate surface area is 115 Å². The van der Waals surface area contributed by atoms with Gasteiger partial charge < -0.3 is 10.5 Å². The molecule has 6 heteroatoms. The van der Waals surface area contributed by atoms with Crippen LogP contribution in [0.3, 0.4) is 0 Å². The smallest absolute Gasteiger partial charge is 0.215 e. The molecule has 0 aliphatic heterocycles. The Balaban J connectivity index is 2.41. The van der Waals surface area contributed by atoms with Crippen molar-refractivity contribution in [1.29, 1.82) is 0 Å². The van der Waals surface area contributed by atoms with Crippen LogP contribution in [0, 0.1) is 5.92 Å². The zero-order chi connectivity index (χ0) is 14.5. The molecular weight excluding hydrogens is 264 g/mol. The lowest BCUT2D eigenvalue weighted by Gasteiger charge is -2.17. The van der Waals surface area contributed by atoms with Crippen LogP contribution >= 0.6 is 0 Å². The van der Waals surface area contributed by atoms with Crippen LogP contribution in [0.15, 0.2) is 24.3 Å². The first-order valence-electron chi connectivity index (χ1n) is 6.28. The molecule has 1 aromatic rings. The van der Waals surface area contributed by atoms with E-state index in [9.17, 15) is 8.42 Å². The van der Waals surface area contributed by atoms with E-state index in [1.807, 2.05) is 20.8 Å². The van der Waals surface area contributed by atoms with Gasteiger partial charge in [0.15, 0.2) is 0 Å². The summed E-state index contributed by atoms with van der Waals surface area (Å²) in [7, 11) is -3.30. The molecule has 1 rings (SSSR count). The van der Waals surface area contributed by atoms with E-state index in [1.165, 1.54) is 0 Å². The Bertz CT molecular complexity index is 483. The Kier molecular flexibility index (Phi) is 5.62. The van der Waals surface area contributed by atoms with Gasteiger partial charge in [-0.25, -0.2) is 13.1 Å². The average Bonchev–Trinajstić information content (AvgIpc) is 2.30. The van der Waals surface area contributed by atoms with Crippen LogP contribution in [0.1, 0.15) is 20.8 Å². The predicted octanol–water partition coefficient (Wildman–Crippen LogP) is 1.61. The van der Waals surface area contributed by atoms with Crippen LogP contribution in [-0.2, 0) is 10.0 Å². The SMILES string of the molecule is CC(C)C(C)NS(=O)(=O)CCOc1ccc(N)cc1.